The van der Waals surface area contributed by atoms with E-state index >= 15 is 0 Å². The second-order valence-electron chi connectivity index (χ2n) is 8.01. The Kier molecular flexibility index (Phi) is 4.25. The zero-order valence-electron chi connectivity index (χ0n) is 15.2. The molecule has 2 aliphatic heterocycles. The molecule has 0 radical (unpaired) electrons. The maximum Gasteiger partial charge on any atom is 0.246 e. The lowest BCUT2D eigenvalue weighted by Gasteiger charge is -2.31. The minimum absolute atomic E-state index is 0.135. The van der Waals surface area contributed by atoms with Crippen LogP contribution in [-0.4, -0.2) is 54.6 Å². The molecule has 0 aromatic heterocycles. The fourth-order valence-corrected chi connectivity index (χ4v) is 5.40. The van der Waals surface area contributed by atoms with Crippen molar-refractivity contribution < 1.29 is 22.7 Å². The second kappa shape index (κ2) is 5.79. The Hall–Kier alpha value is -1.44. The van der Waals surface area contributed by atoms with Crippen LogP contribution in [-0.2, 0) is 24.1 Å². The third-order valence-corrected chi connectivity index (χ3v) is 6.64. The van der Waals surface area contributed by atoms with Crippen LogP contribution in [0.5, 0.6) is 0 Å². The molecule has 0 unspecified atom stereocenters. The summed E-state index contributed by atoms with van der Waals surface area (Å²) in [6.45, 7) is 9.38. The summed E-state index contributed by atoms with van der Waals surface area (Å²) in [5.41, 5.74) is -1.43. The lowest BCUT2D eigenvalue weighted by Crippen LogP contribution is -2.46. The molecule has 3 rings (SSSR count). The normalized spacial score (nSPS) is 29.1. The van der Waals surface area contributed by atoms with Gasteiger partial charge >= 0.3 is 0 Å². The Bertz CT molecular complexity index is 766. The number of carbonyl (C=O) groups excluding carboxylic acids is 1. The second-order valence-corrected chi connectivity index (χ2v) is 10.1. The van der Waals surface area contributed by atoms with E-state index in [1.165, 1.54) is 17.0 Å². The van der Waals surface area contributed by atoms with Gasteiger partial charge in [-0.05, 0) is 46.8 Å². The third kappa shape index (κ3) is 3.09. The van der Waals surface area contributed by atoms with Crippen LogP contribution in [0.3, 0.4) is 0 Å². The van der Waals surface area contributed by atoms with E-state index in [-0.39, 0.29) is 11.5 Å². The van der Waals surface area contributed by atoms with Gasteiger partial charge in [-0.2, -0.15) is 0 Å². The summed E-state index contributed by atoms with van der Waals surface area (Å²) in [5, 5.41) is -1.26. The Morgan fingerprint density at radius 3 is 2.36 bits per heavy atom. The zero-order valence-corrected chi connectivity index (χ0v) is 16.0. The molecule has 0 bridgehead atoms. The fourth-order valence-electron chi connectivity index (χ4n) is 3.60. The molecule has 1 amide bonds. The van der Waals surface area contributed by atoms with Crippen LogP contribution in [0, 0.1) is 0 Å². The summed E-state index contributed by atoms with van der Waals surface area (Å²) >= 11 is 0. The van der Waals surface area contributed by atoms with Crippen LogP contribution >= 0.6 is 0 Å². The lowest BCUT2D eigenvalue weighted by molar-refractivity contribution is -0.141. The number of hydrogen-bond acceptors (Lipinski definition) is 5. The van der Waals surface area contributed by atoms with Crippen molar-refractivity contribution in [1.29, 1.82) is 0 Å². The van der Waals surface area contributed by atoms with E-state index in [0.717, 1.165) is 0 Å². The number of ether oxygens (including phenoxy) is 2. The number of amides is 1. The van der Waals surface area contributed by atoms with Gasteiger partial charge in [0.05, 0.1) is 23.1 Å². The van der Waals surface area contributed by atoms with Crippen LogP contribution in [0.15, 0.2) is 35.2 Å². The maximum atomic E-state index is 13.2. The van der Waals surface area contributed by atoms with Gasteiger partial charge in [0.1, 0.15) is 11.8 Å². The van der Waals surface area contributed by atoms with E-state index < -0.39 is 44.5 Å². The number of rotatable bonds is 3. The van der Waals surface area contributed by atoms with Gasteiger partial charge < -0.3 is 14.4 Å². The van der Waals surface area contributed by atoms with Crippen molar-refractivity contribution in [2.24, 2.45) is 0 Å². The Morgan fingerprint density at radius 1 is 1.20 bits per heavy atom. The van der Waals surface area contributed by atoms with Crippen molar-refractivity contribution >= 4 is 15.7 Å². The van der Waals surface area contributed by atoms with Gasteiger partial charge in [0.25, 0.3) is 0 Å². The van der Waals surface area contributed by atoms with Crippen LogP contribution in [0.4, 0.5) is 0 Å². The number of benzene rings is 1. The topological polar surface area (TPSA) is 72.9 Å². The largest absolute Gasteiger partial charge is 0.368 e. The van der Waals surface area contributed by atoms with E-state index in [0.29, 0.717) is 0 Å². The van der Waals surface area contributed by atoms with Gasteiger partial charge in [-0.1, -0.05) is 18.2 Å². The highest BCUT2D eigenvalue weighted by molar-refractivity contribution is 7.93. The highest BCUT2D eigenvalue weighted by Gasteiger charge is 2.62. The van der Waals surface area contributed by atoms with Crippen molar-refractivity contribution in [3.8, 4) is 0 Å². The predicted octanol–water partition coefficient (Wildman–Crippen LogP) is 1.99. The van der Waals surface area contributed by atoms with E-state index in [2.05, 4.69) is 0 Å². The Labute approximate surface area is 149 Å². The van der Waals surface area contributed by atoms with Crippen molar-refractivity contribution in [2.75, 3.05) is 6.61 Å². The van der Waals surface area contributed by atoms with Gasteiger partial charge in [0.2, 0.25) is 5.91 Å². The molecule has 1 aromatic rings. The van der Waals surface area contributed by atoms with Crippen LogP contribution in [0.1, 0.15) is 34.6 Å². The highest BCUT2D eigenvalue weighted by Crippen LogP contribution is 2.41. The highest BCUT2D eigenvalue weighted by atomic mass is 32.2. The molecule has 138 valence electrons. The number of sulfone groups is 1. The number of carbonyl (C=O) groups is 1. The fraction of sp³-hybridized carbons (Fsp3) is 0.611. The van der Waals surface area contributed by atoms with E-state index in [1.54, 1.807) is 32.0 Å². The molecule has 6 nitrogen and oxygen atoms in total. The first-order chi connectivity index (χ1) is 11.5. The van der Waals surface area contributed by atoms with Crippen LogP contribution < -0.4 is 0 Å². The molecule has 25 heavy (non-hydrogen) atoms. The smallest absolute Gasteiger partial charge is 0.246 e. The summed E-state index contributed by atoms with van der Waals surface area (Å²) in [7, 11) is -3.87. The van der Waals surface area contributed by atoms with Gasteiger partial charge in [-0.25, -0.2) is 8.42 Å². The summed E-state index contributed by atoms with van der Waals surface area (Å²) in [6, 6.07) is 7.67. The van der Waals surface area contributed by atoms with Crippen molar-refractivity contribution in [3.63, 3.8) is 0 Å². The molecule has 3 atom stereocenters. The Morgan fingerprint density at radius 2 is 1.80 bits per heavy atom. The van der Waals surface area contributed by atoms with Crippen LogP contribution in [0.2, 0.25) is 0 Å². The minimum Gasteiger partial charge on any atom is -0.368 e. The molecule has 0 saturated carbocycles. The van der Waals surface area contributed by atoms with Crippen molar-refractivity contribution in [1.82, 2.24) is 4.90 Å². The average molecular weight is 367 g/mol. The third-order valence-electron chi connectivity index (χ3n) is 4.57. The average Bonchev–Trinajstić information content (AvgIpc) is 2.95. The number of hydrogen-bond donors (Lipinski definition) is 0. The standard InChI is InChI=1S/C18H25NO5S/c1-17(2,3)24-14-13-11-23-18(4,5)19(13)16(20)15(14)25(21,22)12-9-7-6-8-10-12/h6-10,13-15H,11H2,1-5H3/t13-,14-,15+/m1/s1. The molecule has 2 fully saturated rings. The van der Waals surface area contributed by atoms with Crippen molar-refractivity contribution in [2.45, 2.75) is 68.2 Å². The summed E-state index contributed by atoms with van der Waals surface area (Å²) in [6.07, 6.45) is -0.778. The first kappa shape index (κ1) is 18.4. The SMILES string of the molecule is CC(C)(C)O[C@@H]1[C@H]2COC(C)(C)N2C(=O)[C@H]1S(=O)(=O)c1ccccc1. The van der Waals surface area contributed by atoms with Gasteiger partial charge in [0, 0.05) is 0 Å². The van der Waals surface area contributed by atoms with Gasteiger partial charge in [-0.15, -0.1) is 0 Å². The van der Waals surface area contributed by atoms with E-state index in [4.69, 9.17) is 9.47 Å². The van der Waals surface area contributed by atoms with Gasteiger partial charge in [-0.3, -0.25) is 4.79 Å². The van der Waals surface area contributed by atoms with Crippen LogP contribution in [0.25, 0.3) is 0 Å². The number of fused-ring (bicyclic) bond motifs is 1. The van der Waals surface area contributed by atoms with E-state index in [1.807, 2.05) is 20.8 Å². The number of nitrogens with zero attached hydrogens (tertiary/aromatic N) is 1. The first-order valence-electron chi connectivity index (χ1n) is 8.39. The lowest BCUT2D eigenvalue weighted by atomic mass is 10.1. The molecule has 2 aliphatic rings. The van der Waals surface area contributed by atoms with Gasteiger partial charge in [0.15, 0.2) is 15.1 Å². The molecule has 1 aromatic carbocycles. The zero-order chi connectivity index (χ0) is 18.6. The quantitative estimate of drug-likeness (QED) is 0.817. The molecule has 0 N–H and O–H groups in total. The molecule has 2 saturated heterocycles. The summed E-state index contributed by atoms with van der Waals surface area (Å²) in [4.78, 5) is 14.8. The predicted molar refractivity (Wildman–Crippen MR) is 92.7 cm³/mol. The maximum absolute atomic E-state index is 13.2. The molecule has 0 spiro atoms. The first-order valence-corrected chi connectivity index (χ1v) is 9.94. The Balaban J connectivity index is 2.08. The molecule has 0 aliphatic carbocycles. The molecular formula is C18H25NO5S. The van der Waals surface area contributed by atoms with Crippen molar-refractivity contribution in [3.05, 3.63) is 30.3 Å². The molecular weight excluding hydrogens is 342 g/mol. The summed E-state index contributed by atoms with van der Waals surface area (Å²) < 4.78 is 38.2. The molecule has 7 heteroatoms. The minimum atomic E-state index is -3.87. The monoisotopic (exact) mass is 367 g/mol. The summed E-state index contributed by atoms with van der Waals surface area (Å²) in [5.74, 6) is -0.453. The van der Waals surface area contributed by atoms with E-state index in [9.17, 15) is 13.2 Å². The molecule has 2 heterocycles.